The lowest BCUT2D eigenvalue weighted by atomic mass is 10.0. The number of rotatable bonds is 6. The molecule has 0 aliphatic carbocycles. The lowest BCUT2D eigenvalue weighted by Crippen LogP contribution is -2.24. The third-order valence-electron chi connectivity index (χ3n) is 6.51. The Hall–Kier alpha value is -4.80. The Morgan fingerprint density at radius 1 is 1.10 bits per heavy atom. The molecule has 200 valence electrons. The highest BCUT2D eigenvalue weighted by atomic mass is 19.4. The van der Waals surface area contributed by atoms with Crippen molar-refractivity contribution in [2.24, 2.45) is 5.73 Å². The monoisotopic (exact) mass is 535 g/mol. The van der Waals surface area contributed by atoms with Crippen LogP contribution in [-0.2, 0) is 25.7 Å². The van der Waals surface area contributed by atoms with Gasteiger partial charge in [0.05, 0.1) is 18.2 Å². The van der Waals surface area contributed by atoms with Crippen LogP contribution < -0.4 is 21.1 Å². The molecule has 1 aliphatic rings. The molecule has 0 spiro atoms. The van der Waals surface area contributed by atoms with Crippen LogP contribution in [0.4, 0.5) is 24.7 Å². The zero-order valence-corrected chi connectivity index (χ0v) is 20.8. The number of nitrogens with two attached hydrogens (primary N) is 1. The molecule has 0 atom stereocenters. The molecule has 2 amide bonds. The van der Waals surface area contributed by atoms with Gasteiger partial charge in [-0.3, -0.25) is 9.59 Å². The van der Waals surface area contributed by atoms with Crippen molar-refractivity contribution in [3.63, 3.8) is 0 Å². The Bertz CT molecular complexity index is 1560. The molecule has 39 heavy (non-hydrogen) atoms. The summed E-state index contributed by atoms with van der Waals surface area (Å²) in [6, 6.07) is 17.5. The Labute approximate surface area is 221 Å². The van der Waals surface area contributed by atoms with Crippen molar-refractivity contribution in [3.8, 4) is 17.0 Å². The van der Waals surface area contributed by atoms with Crippen LogP contribution in [0.5, 0.6) is 5.75 Å². The lowest BCUT2D eigenvalue weighted by molar-refractivity contribution is -0.137. The number of amides is 2. The number of halogens is 3. The number of para-hydroxylation sites is 1. The number of ether oxygens (including phenoxy) is 1. The number of aromatic nitrogens is 2. The van der Waals surface area contributed by atoms with Crippen LogP contribution in [-0.4, -0.2) is 28.7 Å². The zero-order chi connectivity index (χ0) is 27.7. The van der Waals surface area contributed by atoms with Gasteiger partial charge in [-0.2, -0.15) is 18.3 Å². The van der Waals surface area contributed by atoms with Crippen molar-refractivity contribution in [1.29, 1.82) is 0 Å². The standard InChI is InChI=1S/C28H24F3N5O3/c1-39-22-11-10-19(28(29,30)31)14-20(22)27(38)33-15-16-6-8-18(9-7-16)24-23(25(32)37)26-34-21-5-3-2-4-17(21)12-13-36(26)35-24/h2-11,14,34H,12-13,15H2,1H3,(H2,32,37)(H,33,38). The number of nitrogens with one attached hydrogen (secondary N) is 2. The second kappa shape index (κ2) is 10.2. The summed E-state index contributed by atoms with van der Waals surface area (Å²) in [5.74, 6) is -0.772. The summed E-state index contributed by atoms with van der Waals surface area (Å²) in [5, 5.41) is 10.6. The molecule has 0 fully saturated rings. The number of hydrogen-bond donors (Lipinski definition) is 3. The molecule has 8 nitrogen and oxygen atoms in total. The number of hydrogen-bond acceptors (Lipinski definition) is 5. The first kappa shape index (κ1) is 25.8. The molecule has 0 radical (unpaired) electrons. The van der Waals surface area contributed by atoms with Gasteiger partial charge in [0, 0.05) is 24.3 Å². The number of anilines is 2. The van der Waals surface area contributed by atoms with Crippen LogP contribution >= 0.6 is 0 Å². The van der Waals surface area contributed by atoms with Crippen molar-refractivity contribution in [1.82, 2.24) is 15.1 Å². The highest BCUT2D eigenvalue weighted by molar-refractivity contribution is 6.04. The van der Waals surface area contributed by atoms with E-state index in [1.54, 1.807) is 28.9 Å². The van der Waals surface area contributed by atoms with E-state index < -0.39 is 23.6 Å². The van der Waals surface area contributed by atoms with Gasteiger partial charge in [-0.1, -0.05) is 42.5 Å². The maximum Gasteiger partial charge on any atom is 0.416 e. The number of carbonyl (C=O) groups excluding carboxylic acids is 2. The van der Waals surface area contributed by atoms with E-state index in [0.717, 1.165) is 35.9 Å². The van der Waals surface area contributed by atoms with Crippen LogP contribution in [0.15, 0.2) is 66.7 Å². The van der Waals surface area contributed by atoms with Crippen LogP contribution in [0.1, 0.15) is 37.4 Å². The van der Waals surface area contributed by atoms with E-state index in [-0.39, 0.29) is 23.4 Å². The SMILES string of the molecule is COc1ccc(C(F)(F)F)cc1C(=O)NCc1ccc(-c2nn3c(c2C(N)=O)Nc2ccccc2CC3)cc1. The third kappa shape index (κ3) is 5.15. The number of fused-ring (bicyclic) bond motifs is 2. The number of primary amides is 1. The summed E-state index contributed by atoms with van der Waals surface area (Å²) in [6.45, 7) is 0.613. The molecule has 0 unspecified atom stereocenters. The number of methoxy groups -OCH3 is 1. The van der Waals surface area contributed by atoms with Gasteiger partial charge in [0.25, 0.3) is 11.8 Å². The number of nitrogens with zero attached hydrogens (tertiary/aromatic N) is 2. The summed E-state index contributed by atoms with van der Waals surface area (Å²) >= 11 is 0. The molecule has 1 aromatic heterocycles. The van der Waals surface area contributed by atoms with Crippen molar-refractivity contribution in [3.05, 3.63) is 94.5 Å². The lowest BCUT2D eigenvalue weighted by Gasteiger charge is -2.13. The van der Waals surface area contributed by atoms with Gasteiger partial charge >= 0.3 is 6.18 Å². The normalized spacial score (nSPS) is 12.5. The Morgan fingerprint density at radius 3 is 2.54 bits per heavy atom. The molecule has 4 N–H and O–H groups in total. The maximum atomic E-state index is 13.1. The largest absolute Gasteiger partial charge is 0.496 e. The summed E-state index contributed by atoms with van der Waals surface area (Å²) in [7, 11) is 1.28. The van der Waals surface area contributed by atoms with E-state index in [2.05, 4.69) is 15.7 Å². The summed E-state index contributed by atoms with van der Waals surface area (Å²) in [4.78, 5) is 25.2. The molecular formula is C28H24F3N5O3. The van der Waals surface area contributed by atoms with Crippen LogP contribution in [0.3, 0.4) is 0 Å². The van der Waals surface area contributed by atoms with Crippen LogP contribution in [0, 0.1) is 0 Å². The minimum atomic E-state index is -4.59. The first-order valence-electron chi connectivity index (χ1n) is 12.0. The van der Waals surface area contributed by atoms with Gasteiger partial charge in [0.1, 0.15) is 22.8 Å². The predicted molar refractivity (Wildman–Crippen MR) is 139 cm³/mol. The summed E-state index contributed by atoms with van der Waals surface area (Å²) in [6.07, 6.45) is -3.87. The number of alkyl halides is 3. The topological polar surface area (TPSA) is 111 Å². The average Bonchev–Trinajstić information content (AvgIpc) is 3.18. The fraction of sp³-hybridized carbons (Fsp3) is 0.179. The van der Waals surface area contributed by atoms with Crippen LogP contribution in [0.25, 0.3) is 11.3 Å². The number of carbonyl (C=O) groups is 2. The molecular weight excluding hydrogens is 511 g/mol. The Balaban J connectivity index is 1.36. The summed E-state index contributed by atoms with van der Waals surface area (Å²) in [5.41, 5.74) is 8.61. The quantitative estimate of drug-likeness (QED) is 0.325. The van der Waals surface area contributed by atoms with E-state index in [0.29, 0.717) is 29.2 Å². The number of benzene rings is 3. The Morgan fingerprint density at radius 2 is 1.85 bits per heavy atom. The van der Waals surface area contributed by atoms with Crippen molar-refractivity contribution in [2.45, 2.75) is 25.7 Å². The van der Waals surface area contributed by atoms with Gasteiger partial charge in [-0.05, 0) is 41.8 Å². The smallest absolute Gasteiger partial charge is 0.416 e. The van der Waals surface area contributed by atoms with E-state index in [9.17, 15) is 22.8 Å². The molecule has 2 heterocycles. The maximum absolute atomic E-state index is 13.1. The number of aryl methyl sites for hydroxylation is 2. The molecule has 0 saturated carbocycles. The minimum Gasteiger partial charge on any atom is -0.496 e. The second-order valence-electron chi connectivity index (χ2n) is 8.98. The van der Waals surface area contributed by atoms with Crippen molar-refractivity contribution >= 4 is 23.3 Å². The molecule has 11 heteroatoms. The van der Waals surface area contributed by atoms with Gasteiger partial charge < -0.3 is 21.1 Å². The fourth-order valence-electron chi connectivity index (χ4n) is 4.52. The van der Waals surface area contributed by atoms with Crippen LogP contribution in [0.2, 0.25) is 0 Å². The predicted octanol–water partition coefficient (Wildman–Crippen LogP) is 4.91. The van der Waals surface area contributed by atoms with E-state index in [1.165, 1.54) is 7.11 Å². The minimum absolute atomic E-state index is 0.0330. The zero-order valence-electron chi connectivity index (χ0n) is 20.8. The van der Waals surface area contributed by atoms with Crippen molar-refractivity contribution in [2.75, 3.05) is 12.4 Å². The fourth-order valence-corrected chi connectivity index (χ4v) is 4.52. The molecule has 0 saturated heterocycles. The van der Waals surface area contributed by atoms with E-state index >= 15 is 0 Å². The highest BCUT2D eigenvalue weighted by Gasteiger charge is 2.32. The second-order valence-corrected chi connectivity index (χ2v) is 8.98. The van der Waals surface area contributed by atoms with E-state index in [1.807, 2.05) is 24.3 Å². The molecule has 1 aliphatic heterocycles. The first-order chi connectivity index (χ1) is 18.7. The van der Waals surface area contributed by atoms with E-state index in [4.69, 9.17) is 10.5 Å². The third-order valence-corrected chi connectivity index (χ3v) is 6.51. The van der Waals surface area contributed by atoms with Gasteiger partial charge in [0.15, 0.2) is 0 Å². The highest BCUT2D eigenvalue weighted by Crippen LogP contribution is 2.35. The van der Waals surface area contributed by atoms with Gasteiger partial charge in [-0.15, -0.1) is 0 Å². The average molecular weight is 536 g/mol. The molecule has 5 rings (SSSR count). The summed E-state index contributed by atoms with van der Waals surface area (Å²) < 4.78 is 46.2. The first-order valence-corrected chi connectivity index (χ1v) is 12.0. The molecule has 3 aromatic carbocycles. The van der Waals surface area contributed by atoms with Crippen molar-refractivity contribution < 1.29 is 27.5 Å². The molecule has 0 bridgehead atoms. The molecule has 4 aromatic rings. The van der Waals surface area contributed by atoms with Gasteiger partial charge in [-0.25, -0.2) is 4.68 Å². The van der Waals surface area contributed by atoms with Gasteiger partial charge in [0.2, 0.25) is 0 Å². The Kier molecular flexibility index (Phi) is 6.73.